The number of aryl methyl sites for hydroxylation is 1. The molecule has 9 heteroatoms. The Balaban J connectivity index is 1.46. The highest BCUT2D eigenvalue weighted by Gasteiger charge is 2.34. The Labute approximate surface area is 181 Å². The molecule has 29 heavy (non-hydrogen) atoms. The molecule has 1 aromatic heterocycles. The monoisotopic (exact) mass is 446 g/mol. The van der Waals surface area contributed by atoms with Crippen LogP contribution in [0.5, 0.6) is 0 Å². The first kappa shape index (κ1) is 19.8. The van der Waals surface area contributed by atoms with E-state index >= 15 is 0 Å². The van der Waals surface area contributed by atoms with Gasteiger partial charge in [-0.3, -0.25) is 14.9 Å². The van der Waals surface area contributed by atoms with Crippen molar-refractivity contribution < 1.29 is 9.59 Å². The van der Waals surface area contributed by atoms with Gasteiger partial charge >= 0.3 is 0 Å². The molecule has 1 aliphatic rings. The first-order chi connectivity index (χ1) is 13.9. The predicted octanol–water partition coefficient (Wildman–Crippen LogP) is 4.93. The van der Waals surface area contributed by atoms with Gasteiger partial charge in [-0.15, -0.1) is 10.2 Å². The number of carbonyl (C=O) groups excluding carboxylic acids is 2. The van der Waals surface area contributed by atoms with Gasteiger partial charge < -0.3 is 4.90 Å². The van der Waals surface area contributed by atoms with Crippen LogP contribution in [0.3, 0.4) is 0 Å². The van der Waals surface area contributed by atoms with Crippen LogP contribution < -0.4 is 10.2 Å². The third-order valence-corrected chi connectivity index (χ3v) is 6.37. The summed E-state index contributed by atoms with van der Waals surface area (Å²) < 4.78 is 0. The molecule has 0 spiro atoms. The van der Waals surface area contributed by atoms with Crippen LogP contribution in [0.1, 0.15) is 33.3 Å². The number of hydrogen-bond donors (Lipinski definition) is 1. The average molecular weight is 447 g/mol. The quantitative estimate of drug-likeness (QED) is 0.616. The maximum atomic E-state index is 12.5. The molecule has 2 aromatic carbocycles. The number of nitrogens with one attached hydrogen (secondary N) is 1. The zero-order chi connectivity index (χ0) is 20.5. The largest absolute Gasteiger partial charge is 0.312 e. The first-order valence-electron chi connectivity index (χ1n) is 8.87. The second kappa shape index (κ2) is 8.10. The molecule has 1 aliphatic heterocycles. The van der Waals surface area contributed by atoms with E-state index in [4.69, 9.17) is 23.2 Å². The fourth-order valence-corrected chi connectivity index (χ4v) is 4.30. The van der Waals surface area contributed by atoms with Crippen LogP contribution in [0.4, 0.5) is 10.8 Å². The molecule has 1 N–H and O–H groups in total. The molecule has 1 atom stereocenters. The molecule has 0 radical (unpaired) electrons. The van der Waals surface area contributed by atoms with E-state index in [0.717, 1.165) is 16.3 Å². The standard InChI is InChI=1S/C20H16Cl2N4O2S/c1-11-3-2-4-14(7-11)26-10-13(9-17(26)27)19-24-25-20(29-19)23-18(28)12-5-6-15(21)16(22)8-12/h2-8,13H,9-10H2,1H3,(H,23,25,28). The van der Waals surface area contributed by atoms with Crippen molar-refractivity contribution in [3.8, 4) is 0 Å². The molecular formula is C20H16Cl2N4O2S. The topological polar surface area (TPSA) is 75.2 Å². The summed E-state index contributed by atoms with van der Waals surface area (Å²) in [5.41, 5.74) is 2.36. The second-order valence-electron chi connectivity index (χ2n) is 6.77. The predicted molar refractivity (Wildman–Crippen MR) is 115 cm³/mol. The number of hydrogen-bond acceptors (Lipinski definition) is 5. The maximum absolute atomic E-state index is 12.5. The number of benzene rings is 2. The molecule has 2 amide bonds. The van der Waals surface area contributed by atoms with Gasteiger partial charge in [0, 0.05) is 30.1 Å². The molecule has 1 unspecified atom stereocenters. The van der Waals surface area contributed by atoms with Crippen molar-refractivity contribution in [2.75, 3.05) is 16.8 Å². The van der Waals surface area contributed by atoms with Gasteiger partial charge in [0.25, 0.3) is 5.91 Å². The van der Waals surface area contributed by atoms with Crippen LogP contribution in [0.25, 0.3) is 0 Å². The zero-order valence-electron chi connectivity index (χ0n) is 15.4. The number of carbonyl (C=O) groups is 2. The number of rotatable bonds is 4. The lowest BCUT2D eigenvalue weighted by Gasteiger charge is -2.16. The number of aromatic nitrogens is 2. The lowest BCUT2D eigenvalue weighted by molar-refractivity contribution is -0.117. The SMILES string of the molecule is Cc1cccc(N2CC(c3nnc(NC(=O)c4ccc(Cl)c(Cl)c4)s3)CC2=O)c1. The first-order valence-corrected chi connectivity index (χ1v) is 10.4. The molecule has 0 saturated carbocycles. The maximum Gasteiger partial charge on any atom is 0.257 e. The van der Waals surface area contributed by atoms with Crippen LogP contribution in [-0.4, -0.2) is 28.6 Å². The van der Waals surface area contributed by atoms with Crippen molar-refractivity contribution in [1.82, 2.24) is 10.2 Å². The molecule has 6 nitrogen and oxygen atoms in total. The summed E-state index contributed by atoms with van der Waals surface area (Å²) in [7, 11) is 0. The van der Waals surface area contributed by atoms with Gasteiger partial charge in [0.1, 0.15) is 5.01 Å². The van der Waals surface area contributed by atoms with E-state index in [-0.39, 0.29) is 17.7 Å². The van der Waals surface area contributed by atoms with Crippen molar-refractivity contribution >= 4 is 57.2 Å². The smallest absolute Gasteiger partial charge is 0.257 e. The fraction of sp³-hybridized carbons (Fsp3) is 0.200. The van der Waals surface area contributed by atoms with E-state index < -0.39 is 0 Å². The summed E-state index contributed by atoms with van der Waals surface area (Å²) in [6, 6.07) is 12.5. The van der Waals surface area contributed by atoms with Crippen molar-refractivity contribution in [3.63, 3.8) is 0 Å². The summed E-state index contributed by atoms with van der Waals surface area (Å²) in [6.07, 6.45) is 0.364. The molecule has 0 aliphatic carbocycles. The van der Waals surface area contributed by atoms with E-state index in [0.29, 0.717) is 33.7 Å². The van der Waals surface area contributed by atoms with E-state index in [1.165, 1.54) is 17.4 Å². The van der Waals surface area contributed by atoms with Crippen LogP contribution in [0, 0.1) is 6.92 Å². The number of nitrogens with zero attached hydrogens (tertiary/aromatic N) is 3. The second-order valence-corrected chi connectivity index (χ2v) is 8.60. The highest BCUT2D eigenvalue weighted by molar-refractivity contribution is 7.15. The summed E-state index contributed by atoms with van der Waals surface area (Å²) in [6.45, 7) is 2.53. The minimum atomic E-state index is -0.352. The normalized spacial score (nSPS) is 16.3. The fourth-order valence-electron chi connectivity index (χ4n) is 3.18. The molecule has 2 heterocycles. The lowest BCUT2D eigenvalue weighted by atomic mass is 10.1. The van der Waals surface area contributed by atoms with E-state index in [1.807, 2.05) is 31.2 Å². The molecule has 1 fully saturated rings. The third-order valence-electron chi connectivity index (χ3n) is 4.63. The van der Waals surface area contributed by atoms with Crippen LogP contribution in [0.15, 0.2) is 42.5 Å². The summed E-state index contributed by atoms with van der Waals surface area (Å²) in [5.74, 6) is -0.358. The Bertz CT molecular complexity index is 1100. The Morgan fingerprint density at radius 2 is 2.00 bits per heavy atom. The van der Waals surface area contributed by atoms with Crippen molar-refractivity contribution in [2.45, 2.75) is 19.3 Å². The number of halogens is 2. The van der Waals surface area contributed by atoms with Gasteiger partial charge in [-0.2, -0.15) is 0 Å². The van der Waals surface area contributed by atoms with Gasteiger partial charge in [0.2, 0.25) is 11.0 Å². The van der Waals surface area contributed by atoms with Gasteiger partial charge in [-0.05, 0) is 42.8 Å². The Morgan fingerprint density at radius 1 is 1.17 bits per heavy atom. The van der Waals surface area contributed by atoms with Crippen molar-refractivity contribution in [2.24, 2.45) is 0 Å². The minimum Gasteiger partial charge on any atom is -0.312 e. The number of amides is 2. The summed E-state index contributed by atoms with van der Waals surface area (Å²) >= 11 is 13.1. The molecule has 4 rings (SSSR count). The Hall–Kier alpha value is -2.48. The van der Waals surface area contributed by atoms with Gasteiger partial charge in [-0.25, -0.2) is 0 Å². The van der Waals surface area contributed by atoms with Crippen molar-refractivity contribution in [3.05, 3.63) is 68.6 Å². The van der Waals surface area contributed by atoms with Crippen LogP contribution in [-0.2, 0) is 4.79 Å². The van der Waals surface area contributed by atoms with Gasteiger partial charge in [0.15, 0.2) is 0 Å². The van der Waals surface area contributed by atoms with Crippen LogP contribution in [0.2, 0.25) is 10.0 Å². The molecular weight excluding hydrogens is 431 g/mol. The molecule has 3 aromatic rings. The summed E-state index contributed by atoms with van der Waals surface area (Å²) in [4.78, 5) is 26.7. The van der Waals surface area contributed by atoms with E-state index in [9.17, 15) is 9.59 Å². The third kappa shape index (κ3) is 4.27. The average Bonchev–Trinajstić information content (AvgIpc) is 3.30. The molecule has 1 saturated heterocycles. The van der Waals surface area contributed by atoms with E-state index in [1.54, 1.807) is 17.0 Å². The van der Waals surface area contributed by atoms with E-state index in [2.05, 4.69) is 15.5 Å². The Kier molecular flexibility index (Phi) is 5.54. The zero-order valence-corrected chi connectivity index (χ0v) is 17.7. The molecule has 0 bridgehead atoms. The minimum absolute atomic E-state index is 0.0530. The summed E-state index contributed by atoms with van der Waals surface area (Å²) in [5, 5.41) is 12.7. The van der Waals surface area contributed by atoms with Crippen LogP contribution >= 0.6 is 34.5 Å². The van der Waals surface area contributed by atoms with Gasteiger partial charge in [-0.1, -0.05) is 46.7 Å². The lowest BCUT2D eigenvalue weighted by Crippen LogP contribution is -2.24. The number of anilines is 2. The van der Waals surface area contributed by atoms with Crippen molar-refractivity contribution in [1.29, 1.82) is 0 Å². The highest BCUT2D eigenvalue weighted by Crippen LogP contribution is 2.34. The Morgan fingerprint density at radius 3 is 2.76 bits per heavy atom. The highest BCUT2D eigenvalue weighted by atomic mass is 35.5. The molecule has 148 valence electrons. The van der Waals surface area contributed by atoms with Gasteiger partial charge in [0.05, 0.1) is 10.0 Å².